The molecule has 0 aromatic heterocycles. The molecule has 0 radical (unpaired) electrons. The lowest BCUT2D eigenvalue weighted by Gasteiger charge is -2.35. The Kier molecular flexibility index (Phi) is 6.23. The number of allylic oxidation sites excluding steroid dienone is 1. The largest absolute Gasteiger partial charge is 0.298 e. The van der Waals surface area contributed by atoms with Crippen LogP contribution in [0.5, 0.6) is 0 Å². The van der Waals surface area contributed by atoms with Gasteiger partial charge in [-0.15, -0.1) is 0 Å². The lowest BCUT2D eigenvalue weighted by molar-refractivity contribution is -0.134. The number of amides is 1. The molecule has 3 atom stereocenters. The van der Waals surface area contributed by atoms with Gasteiger partial charge in [-0.25, -0.2) is 0 Å². The van der Waals surface area contributed by atoms with E-state index in [0.29, 0.717) is 12.1 Å². The third-order valence-electron chi connectivity index (χ3n) is 7.77. The van der Waals surface area contributed by atoms with Crippen molar-refractivity contribution in [1.29, 1.82) is 0 Å². The van der Waals surface area contributed by atoms with Crippen molar-refractivity contribution in [2.45, 2.75) is 47.0 Å². The molecule has 1 heterocycles. The number of carbonyl (C=O) groups is 2. The summed E-state index contributed by atoms with van der Waals surface area (Å²) in [5, 5.41) is 6.52. The predicted molar refractivity (Wildman–Crippen MR) is 150 cm³/mol. The van der Waals surface area contributed by atoms with E-state index in [-0.39, 0.29) is 23.5 Å². The first-order chi connectivity index (χ1) is 17.7. The number of para-hydroxylation sites is 1. The Hall–Kier alpha value is -3.79. The number of anilines is 1. The summed E-state index contributed by atoms with van der Waals surface area (Å²) in [6, 6.07) is 26.1. The van der Waals surface area contributed by atoms with Crippen molar-refractivity contribution >= 4 is 29.2 Å². The maximum atomic E-state index is 14.7. The number of nitrogens with zero attached hydrogens (tertiary/aromatic N) is 2. The first kappa shape index (κ1) is 24.9. The minimum Gasteiger partial charge on any atom is -0.298 e. The summed E-state index contributed by atoms with van der Waals surface area (Å²) in [7, 11) is 0. The van der Waals surface area contributed by atoms with Crippen LogP contribution in [-0.2, 0) is 9.59 Å². The molecule has 0 saturated heterocycles. The summed E-state index contributed by atoms with van der Waals surface area (Å²) in [5.74, 6) is -0.761. The number of hydrogen-bond acceptors (Lipinski definition) is 3. The van der Waals surface area contributed by atoms with Crippen molar-refractivity contribution in [3.63, 3.8) is 0 Å². The van der Waals surface area contributed by atoms with E-state index in [4.69, 9.17) is 5.10 Å². The van der Waals surface area contributed by atoms with Crippen LogP contribution in [0.15, 0.2) is 90.0 Å². The van der Waals surface area contributed by atoms with Crippen LogP contribution in [0, 0.1) is 30.6 Å². The van der Waals surface area contributed by atoms with Crippen molar-refractivity contribution < 1.29 is 9.59 Å². The first-order valence-electron chi connectivity index (χ1n) is 13.0. The van der Waals surface area contributed by atoms with Crippen molar-refractivity contribution in [2.24, 2.45) is 21.8 Å². The van der Waals surface area contributed by atoms with E-state index >= 15 is 0 Å². The standard InChI is InChI=1S/C33H34N2O2/c1-22-13-12-14-23(2)29(22)35-31(37)33(30(34-35)32(3,4)5)27(20-19-24-15-8-6-9-16-24)26(21-28(33)36)25-17-10-7-11-18-25/h6-20,26-27H,21H2,1-5H3/b20-19+/t26-,27-,33-/m1/s1. The molecular weight excluding hydrogens is 456 g/mol. The van der Waals surface area contributed by atoms with Crippen LogP contribution in [0.4, 0.5) is 5.69 Å². The molecule has 1 aliphatic heterocycles. The number of rotatable bonds is 4. The van der Waals surface area contributed by atoms with Crippen molar-refractivity contribution in [3.05, 3.63) is 107 Å². The predicted octanol–water partition coefficient (Wildman–Crippen LogP) is 7.12. The monoisotopic (exact) mass is 490 g/mol. The van der Waals surface area contributed by atoms with Crippen LogP contribution >= 0.6 is 0 Å². The highest BCUT2D eigenvalue weighted by Crippen LogP contribution is 2.57. The van der Waals surface area contributed by atoms with Gasteiger partial charge in [0.15, 0.2) is 11.2 Å². The summed E-state index contributed by atoms with van der Waals surface area (Å²) in [4.78, 5) is 28.9. The fourth-order valence-corrected chi connectivity index (χ4v) is 6.14. The van der Waals surface area contributed by atoms with E-state index in [1.54, 1.807) is 0 Å². The quantitative estimate of drug-likeness (QED) is 0.366. The fraction of sp³-hybridized carbons (Fsp3) is 0.303. The number of hydrazone groups is 1. The van der Waals surface area contributed by atoms with Gasteiger partial charge in [-0.1, -0.05) is 112 Å². The molecule has 1 saturated carbocycles. The number of hydrogen-bond donors (Lipinski definition) is 0. The Labute approximate surface area is 219 Å². The van der Waals surface area contributed by atoms with Gasteiger partial charge in [0.25, 0.3) is 5.91 Å². The zero-order valence-corrected chi connectivity index (χ0v) is 22.2. The molecule has 1 spiro atoms. The molecule has 188 valence electrons. The van der Waals surface area contributed by atoms with Gasteiger partial charge in [0.2, 0.25) is 0 Å². The third kappa shape index (κ3) is 4.05. The summed E-state index contributed by atoms with van der Waals surface area (Å²) >= 11 is 0. The van der Waals surface area contributed by atoms with Gasteiger partial charge < -0.3 is 0 Å². The Morgan fingerprint density at radius 2 is 1.46 bits per heavy atom. The van der Waals surface area contributed by atoms with Crippen molar-refractivity contribution in [1.82, 2.24) is 0 Å². The average Bonchev–Trinajstić information content (AvgIpc) is 3.34. The lowest BCUT2D eigenvalue weighted by atomic mass is 9.63. The molecule has 0 N–H and O–H groups in total. The number of Topliss-reactive ketones (excluding diaryl/α,β-unsaturated/α-hetero) is 1. The second-order valence-electron chi connectivity index (χ2n) is 11.3. The molecule has 1 amide bonds. The molecule has 1 fully saturated rings. The van der Waals surface area contributed by atoms with Crippen LogP contribution in [-0.4, -0.2) is 17.4 Å². The number of benzene rings is 3. The van der Waals surface area contributed by atoms with Crippen molar-refractivity contribution in [3.8, 4) is 0 Å². The van der Waals surface area contributed by atoms with E-state index in [9.17, 15) is 9.59 Å². The molecule has 4 heteroatoms. The summed E-state index contributed by atoms with van der Waals surface area (Å²) < 4.78 is 0. The molecule has 1 aliphatic carbocycles. The zero-order chi connectivity index (χ0) is 26.4. The Balaban J connectivity index is 1.73. The Morgan fingerprint density at radius 3 is 2.05 bits per heavy atom. The second-order valence-corrected chi connectivity index (χ2v) is 11.3. The van der Waals surface area contributed by atoms with Gasteiger partial charge in [-0.3, -0.25) is 9.59 Å². The Morgan fingerprint density at radius 1 is 0.865 bits per heavy atom. The van der Waals surface area contributed by atoms with E-state index in [1.165, 1.54) is 5.01 Å². The SMILES string of the molecule is Cc1cccc(C)c1N1N=C(C(C)(C)C)[C@@]2(C(=O)C[C@H](c3ccccc3)[C@H]2/C=C/c2ccccc2)C1=O. The molecule has 2 aliphatic rings. The molecule has 3 aromatic carbocycles. The van der Waals surface area contributed by atoms with Gasteiger partial charge in [0.05, 0.1) is 11.4 Å². The Bertz CT molecular complexity index is 1380. The highest BCUT2D eigenvalue weighted by atomic mass is 16.2. The molecule has 0 bridgehead atoms. The molecular formula is C33H34N2O2. The van der Waals surface area contributed by atoms with E-state index in [0.717, 1.165) is 27.9 Å². The molecule has 3 aromatic rings. The van der Waals surface area contributed by atoms with Gasteiger partial charge in [-0.05, 0) is 42.0 Å². The smallest absolute Gasteiger partial charge is 0.267 e. The number of aryl methyl sites for hydroxylation is 2. The van der Waals surface area contributed by atoms with E-state index in [1.807, 2.05) is 80.6 Å². The normalized spacial score (nSPS) is 23.9. The number of carbonyl (C=O) groups excluding carboxylic acids is 2. The molecule has 5 rings (SSSR count). The topological polar surface area (TPSA) is 49.7 Å². The van der Waals surface area contributed by atoms with Crippen LogP contribution < -0.4 is 5.01 Å². The van der Waals surface area contributed by atoms with Gasteiger partial charge in [-0.2, -0.15) is 10.1 Å². The van der Waals surface area contributed by atoms with E-state index in [2.05, 4.69) is 45.1 Å². The van der Waals surface area contributed by atoms with Gasteiger partial charge in [0.1, 0.15) is 0 Å². The van der Waals surface area contributed by atoms with Crippen LogP contribution in [0.25, 0.3) is 6.08 Å². The van der Waals surface area contributed by atoms with Crippen molar-refractivity contribution in [2.75, 3.05) is 5.01 Å². The van der Waals surface area contributed by atoms with Crippen LogP contribution in [0.3, 0.4) is 0 Å². The molecule has 0 unspecified atom stereocenters. The van der Waals surface area contributed by atoms with Crippen LogP contribution in [0.2, 0.25) is 0 Å². The maximum Gasteiger partial charge on any atom is 0.267 e. The molecule has 4 nitrogen and oxygen atoms in total. The van der Waals surface area contributed by atoms with Crippen LogP contribution in [0.1, 0.15) is 55.4 Å². The molecule has 37 heavy (non-hydrogen) atoms. The minimum absolute atomic E-state index is 0.0449. The summed E-state index contributed by atoms with van der Waals surface area (Å²) in [5.41, 5.74) is 3.62. The first-order valence-corrected chi connectivity index (χ1v) is 13.0. The van der Waals surface area contributed by atoms with Gasteiger partial charge in [0, 0.05) is 17.8 Å². The zero-order valence-electron chi connectivity index (χ0n) is 22.2. The number of ketones is 1. The summed E-state index contributed by atoms with van der Waals surface area (Å²) in [6.45, 7) is 10.1. The highest BCUT2D eigenvalue weighted by molar-refractivity contribution is 6.34. The highest BCUT2D eigenvalue weighted by Gasteiger charge is 2.68. The average molecular weight is 491 g/mol. The summed E-state index contributed by atoms with van der Waals surface area (Å²) in [6.07, 6.45) is 4.44. The minimum atomic E-state index is -1.35. The fourth-order valence-electron chi connectivity index (χ4n) is 6.14. The van der Waals surface area contributed by atoms with E-state index < -0.39 is 10.8 Å². The maximum absolute atomic E-state index is 14.7. The second kappa shape index (κ2) is 9.26. The van der Waals surface area contributed by atoms with Gasteiger partial charge >= 0.3 is 0 Å². The third-order valence-corrected chi connectivity index (χ3v) is 7.77. The lowest BCUT2D eigenvalue weighted by Crippen LogP contribution is -2.51.